The molecule has 492 valence electrons. The highest BCUT2D eigenvalue weighted by atomic mass is 16.7. The van der Waals surface area contributed by atoms with Crippen LogP contribution in [0.5, 0.6) is 0 Å². The second-order valence-corrected chi connectivity index (χ2v) is 25.4. The highest BCUT2D eigenvalue weighted by molar-refractivity contribution is 5.76. The minimum absolute atomic E-state index is 0.186. The number of carbonyl (C=O) groups excluding carboxylic acids is 1. The number of allylic oxidation sites excluding steroid dienone is 9. The Labute approximate surface area is 519 Å². The van der Waals surface area contributed by atoms with E-state index >= 15 is 0 Å². The molecule has 1 amide bonds. The number of amides is 1. The predicted molar refractivity (Wildman–Crippen MR) is 359 cm³/mol. The van der Waals surface area contributed by atoms with Crippen LogP contribution in [-0.4, -0.2) is 87.5 Å². The first-order chi connectivity index (χ1) is 41.3. The number of aliphatic hydroxyl groups is 5. The van der Waals surface area contributed by atoms with E-state index in [2.05, 4.69) is 67.8 Å². The smallest absolute Gasteiger partial charge is 0.220 e. The molecule has 0 spiro atoms. The van der Waals surface area contributed by atoms with Gasteiger partial charge in [0.2, 0.25) is 5.91 Å². The Bertz CT molecular complexity index is 1510. The minimum Gasteiger partial charge on any atom is -0.394 e. The van der Waals surface area contributed by atoms with Crippen molar-refractivity contribution in [3.8, 4) is 0 Å². The molecule has 7 atom stereocenters. The normalized spacial score (nSPS) is 18.5. The minimum atomic E-state index is -1.58. The summed E-state index contributed by atoms with van der Waals surface area (Å²) in [7, 11) is 0. The zero-order valence-corrected chi connectivity index (χ0v) is 55.2. The van der Waals surface area contributed by atoms with Gasteiger partial charge in [0.15, 0.2) is 6.29 Å². The SMILES string of the molecule is CCCCCCCCCCCCCCC/C=C\C/C=C\CCCCCCCCCCCCCCCCCCCC(=O)NC(COC1OC(CO)C(O)C(O)C1O)C(O)/C=C/CC/C=C/CC/C=C/CCCCCCCCCCCCCCCC. The van der Waals surface area contributed by atoms with Gasteiger partial charge >= 0.3 is 0 Å². The van der Waals surface area contributed by atoms with Gasteiger partial charge in [-0.25, -0.2) is 0 Å². The highest BCUT2D eigenvalue weighted by Crippen LogP contribution is 2.23. The van der Waals surface area contributed by atoms with E-state index in [1.54, 1.807) is 6.08 Å². The third kappa shape index (κ3) is 51.9. The molecule has 7 unspecified atom stereocenters. The van der Waals surface area contributed by atoms with E-state index in [0.29, 0.717) is 6.42 Å². The zero-order valence-electron chi connectivity index (χ0n) is 55.2. The van der Waals surface area contributed by atoms with Crippen LogP contribution in [0.15, 0.2) is 60.8 Å². The van der Waals surface area contributed by atoms with Crippen LogP contribution in [0.1, 0.15) is 354 Å². The van der Waals surface area contributed by atoms with Crippen LogP contribution in [0, 0.1) is 0 Å². The lowest BCUT2D eigenvalue weighted by Gasteiger charge is -2.40. The summed E-state index contributed by atoms with van der Waals surface area (Å²) in [6.07, 6.45) is 82.1. The summed E-state index contributed by atoms with van der Waals surface area (Å²) in [5.74, 6) is -0.186. The maximum Gasteiger partial charge on any atom is 0.220 e. The molecule has 1 rings (SSSR count). The second-order valence-electron chi connectivity index (χ2n) is 25.4. The van der Waals surface area contributed by atoms with Crippen LogP contribution in [0.25, 0.3) is 0 Å². The summed E-state index contributed by atoms with van der Waals surface area (Å²) in [5, 5.41) is 54.7. The maximum atomic E-state index is 13.1. The summed E-state index contributed by atoms with van der Waals surface area (Å²) in [6, 6.07) is -0.831. The van der Waals surface area contributed by atoms with E-state index in [1.807, 2.05) is 6.08 Å². The quantitative estimate of drug-likeness (QED) is 0.0261. The number of unbranched alkanes of at least 4 members (excludes halogenated alkanes) is 46. The molecule has 1 aliphatic heterocycles. The second kappa shape index (κ2) is 63.9. The Morgan fingerprint density at radius 2 is 0.714 bits per heavy atom. The fraction of sp³-hybridized carbons (Fsp3) is 0.853. The van der Waals surface area contributed by atoms with Crippen LogP contribution in [0.3, 0.4) is 0 Å². The fourth-order valence-corrected chi connectivity index (χ4v) is 11.6. The molecule has 1 saturated heterocycles. The van der Waals surface area contributed by atoms with Gasteiger partial charge in [0, 0.05) is 6.42 Å². The molecule has 0 aliphatic carbocycles. The van der Waals surface area contributed by atoms with Crippen LogP contribution >= 0.6 is 0 Å². The number of ether oxygens (including phenoxy) is 2. The largest absolute Gasteiger partial charge is 0.394 e. The van der Waals surface area contributed by atoms with Crippen LogP contribution in [0.4, 0.5) is 0 Å². The van der Waals surface area contributed by atoms with Crippen molar-refractivity contribution in [1.29, 1.82) is 0 Å². The van der Waals surface area contributed by atoms with Crippen molar-refractivity contribution in [1.82, 2.24) is 5.32 Å². The summed E-state index contributed by atoms with van der Waals surface area (Å²) in [5.41, 5.74) is 0. The van der Waals surface area contributed by atoms with Crippen molar-refractivity contribution in [2.24, 2.45) is 0 Å². The molecule has 84 heavy (non-hydrogen) atoms. The monoisotopic (exact) mass is 1180 g/mol. The number of hydrogen-bond donors (Lipinski definition) is 6. The van der Waals surface area contributed by atoms with Crippen molar-refractivity contribution in [2.75, 3.05) is 13.2 Å². The van der Waals surface area contributed by atoms with E-state index in [0.717, 1.165) is 51.4 Å². The number of aliphatic hydroxyl groups excluding tert-OH is 5. The Hall–Kier alpha value is -2.11. The lowest BCUT2D eigenvalue weighted by molar-refractivity contribution is -0.302. The van der Waals surface area contributed by atoms with E-state index in [4.69, 9.17) is 9.47 Å². The number of carbonyl (C=O) groups is 1. The van der Waals surface area contributed by atoms with Gasteiger partial charge in [0.1, 0.15) is 24.4 Å². The van der Waals surface area contributed by atoms with Crippen molar-refractivity contribution < 1.29 is 39.8 Å². The Balaban J connectivity index is 2.12. The van der Waals surface area contributed by atoms with Crippen LogP contribution in [0.2, 0.25) is 0 Å². The van der Waals surface area contributed by atoms with Gasteiger partial charge in [-0.2, -0.15) is 0 Å². The molecular formula is C75H139NO8. The Kier molecular flexibility index (Phi) is 60.8. The molecule has 0 bridgehead atoms. The Morgan fingerprint density at radius 3 is 1.07 bits per heavy atom. The summed E-state index contributed by atoms with van der Waals surface area (Å²) in [6.45, 7) is 3.80. The van der Waals surface area contributed by atoms with Gasteiger partial charge in [-0.1, -0.05) is 331 Å². The molecule has 1 heterocycles. The van der Waals surface area contributed by atoms with E-state index in [1.165, 1.54) is 283 Å². The third-order valence-corrected chi connectivity index (χ3v) is 17.3. The molecule has 6 N–H and O–H groups in total. The average Bonchev–Trinajstić information content (AvgIpc) is 3.70. The molecule has 0 aromatic heterocycles. The van der Waals surface area contributed by atoms with Crippen molar-refractivity contribution in [3.05, 3.63) is 60.8 Å². The first kappa shape index (κ1) is 79.9. The molecule has 0 radical (unpaired) electrons. The number of nitrogens with one attached hydrogen (secondary N) is 1. The lowest BCUT2D eigenvalue weighted by Crippen LogP contribution is -2.60. The van der Waals surface area contributed by atoms with Crippen molar-refractivity contribution in [2.45, 2.75) is 397 Å². The third-order valence-electron chi connectivity index (χ3n) is 17.3. The molecule has 9 heteroatoms. The lowest BCUT2D eigenvalue weighted by atomic mass is 9.99. The van der Waals surface area contributed by atoms with Crippen LogP contribution in [-0.2, 0) is 14.3 Å². The Morgan fingerprint density at radius 1 is 0.405 bits per heavy atom. The molecule has 0 aromatic rings. The summed E-state index contributed by atoms with van der Waals surface area (Å²) >= 11 is 0. The predicted octanol–water partition coefficient (Wildman–Crippen LogP) is 20.1. The highest BCUT2D eigenvalue weighted by Gasteiger charge is 2.44. The topological polar surface area (TPSA) is 149 Å². The fourth-order valence-electron chi connectivity index (χ4n) is 11.6. The standard InChI is InChI=1S/C75H139NO8/c1-3-5-7-9-11-13-15-17-19-21-23-25-27-29-30-31-32-33-34-35-36-37-38-39-40-41-43-45-47-49-51-53-55-57-59-61-63-65-71(79)76-68(67-83-75-74(82)73(81)72(80)70(66-77)84-75)69(78)64-62-60-58-56-54-52-50-48-46-44-42-28-26-24-22-20-18-16-14-12-10-8-6-4-2/h30-31,33-34,46,48,54,56,62,64,68-70,72-75,77-78,80-82H,3-29,32,35-45,47,49-53,55,57-61,63,65-67H2,1-2H3,(H,76,79)/b31-30-,34-33-,48-46+,56-54+,64-62+. The van der Waals surface area contributed by atoms with Crippen LogP contribution < -0.4 is 5.32 Å². The summed E-state index contributed by atoms with van der Waals surface area (Å²) < 4.78 is 11.3. The van der Waals surface area contributed by atoms with Gasteiger partial charge in [0.05, 0.1) is 25.4 Å². The molecule has 0 aromatic carbocycles. The van der Waals surface area contributed by atoms with Gasteiger partial charge in [-0.15, -0.1) is 0 Å². The maximum absolute atomic E-state index is 13.1. The molecule has 0 saturated carbocycles. The van der Waals surface area contributed by atoms with E-state index in [9.17, 15) is 30.3 Å². The first-order valence-corrected chi connectivity index (χ1v) is 36.5. The first-order valence-electron chi connectivity index (χ1n) is 36.5. The van der Waals surface area contributed by atoms with E-state index in [-0.39, 0.29) is 12.5 Å². The van der Waals surface area contributed by atoms with Crippen molar-refractivity contribution >= 4 is 5.91 Å². The van der Waals surface area contributed by atoms with Gasteiger partial charge in [-0.05, 0) is 77.0 Å². The zero-order chi connectivity index (χ0) is 60.7. The average molecular weight is 1180 g/mol. The number of rotatable bonds is 64. The van der Waals surface area contributed by atoms with Gasteiger partial charge < -0.3 is 40.3 Å². The summed E-state index contributed by atoms with van der Waals surface area (Å²) in [4.78, 5) is 13.1. The molecule has 1 aliphatic rings. The van der Waals surface area contributed by atoms with Crippen molar-refractivity contribution in [3.63, 3.8) is 0 Å². The number of hydrogen-bond acceptors (Lipinski definition) is 8. The van der Waals surface area contributed by atoms with E-state index < -0.39 is 49.5 Å². The van der Waals surface area contributed by atoms with Gasteiger partial charge in [0.25, 0.3) is 0 Å². The van der Waals surface area contributed by atoms with Gasteiger partial charge in [-0.3, -0.25) is 4.79 Å². The molecule has 1 fully saturated rings. The molecular weight excluding hydrogens is 1040 g/mol. The molecule has 9 nitrogen and oxygen atoms in total.